The van der Waals surface area contributed by atoms with E-state index in [1.807, 2.05) is 62.5 Å². The summed E-state index contributed by atoms with van der Waals surface area (Å²) in [6.07, 6.45) is 4.95. The van der Waals surface area contributed by atoms with Gasteiger partial charge in [0.1, 0.15) is 6.23 Å². The lowest BCUT2D eigenvalue weighted by molar-refractivity contribution is 0.195. The average Bonchev–Trinajstić information content (AvgIpc) is 2.65. The molecule has 0 spiro atoms. The minimum absolute atomic E-state index is 0.200. The Morgan fingerprint density at radius 2 is 1.50 bits per heavy atom. The van der Waals surface area contributed by atoms with Crippen molar-refractivity contribution >= 4 is 27.7 Å². The molecule has 0 fully saturated rings. The highest BCUT2D eigenvalue weighted by Crippen LogP contribution is 2.18. The largest absolute Gasteiger partial charge is 0.374 e. The van der Waals surface area contributed by atoms with Gasteiger partial charge >= 0.3 is 0 Å². The van der Waals surface area contributed by atoms with Crippen LogP contribution in [-0.2, 0) is 9.84 Å². The van der Waals surface area contributed by atoms with Crippen molar-refractivity contribution in [3.8, 4) is 0 Å². The van der Waals surface area contributed by atoms with Gasteiger partial charge in [-0.3, -0.25) is 0 Å². The van der Waals surface area contributed by atoms with Gasteiger partial charge in [-0.1, -0.05) is 49.8 Å². The molecular weight excluding hydrogens is 346 g/mol. The second kappa shape index (κ2) is 9.01. The summed E-state index contributed by atoms with van der Waals surface area (Å²) in [7, 11) is -1.34. The molecule has 4 nitrogen and oxygen atoms in total. The molecule has 0 bridgehead atoms. The number of benzene rings is 2. The van der Waals surface area contributed by atoms with Gasteiger partial charge in [-0.2, -0.15) is 0 Å². The van der Waals surface area contributed by atoms with Crippen molar-refractivity contribution in [2.45, 2.75) is 37.8 Å². The summed E-state index contributed by atoms with van der Waals surface area (Å²) in [6.45, 7) is 3.71. The van der Waals surface area contributed by atoms with E-state index in [1.54, 1.807) is 24.0 Å². The molecular formula is C21H27NO3S. The molecule has 1 atom stereocenters. The van der Waals surface area contributed by atoms with E-state index in [9.17, 15) is 13.5 Å². The quantitative estimate of drug-likeness (QED) is 0.556. The van der Waals surface area contributed by atoms with E-state index in [-0.39, 0.29) is 5.75 Å². The third-order valence-corrected chi connectivity index (χ3v) is 6.15. The molecule has 1 unspecified atom stereocenters. The first kappa shape index (κ1) is 20.2. The lowest BCUT2D eigenvalue weighted by Gasteiger charge is -2.22. The van der Waals surface area contributed by atoms with Crippen molar-refractivity contribution in [2.24, 2.45) is 0 Å². The topological polar surface area (TPSA) is 57.6 Å². The first-order chi connectivity index (χ1) is 12.3. The van der Waals surface area contributed by atoms with Gasteiger partial charge in [-0.25, -0.2) is 8.42 Å². The van der Waals surface area contributed by atoms with Gasteiger partial charge < -0.3 is 10.0 Å². The number of sulfone groups is 1. The Balaban J connectivity index is 2.07. The Kier molecular flexibility index (Phi) is 7.00. The Labute approximate surface area is 156 Å². The fourth-order valence-corrected chi connectivity index (χ4v) is 3.92. The van der Waals surface area contributed by atoms with Crippen LogP contribution in [0.25, 0.3) is 12.2 Å². The van der Waals surface area contributed by atoms with E-state index in [0.717, 1.165) is 23.2 Å². The second-order valence-corrected chi connectivity index (χ2v) is 8.52. The molecule has 0 aliphatic carbocycles. The standard InChI is InChI=1S/C21H27NO3S/c1-4-5-16-26(24,25)21-14-10-19(11-15-21)7-6-18-8-12-20(13-9-18)22(3)17(2)23/h6-15,17,23H,4-5,16H2,1-3H3. The molecule has 26 heavy (non-hydrogen) atoms. The van der Waals surface area contributed by atoms with Crippen LogP contribution in [-0.4, -0.2) is 32.6 Å². The summed E-state index contributed by atoms with van der Waals surface area (Å²) in [4.78, 5) is 2.17. The van der Waals surface area contributed by atoms with Crippen LogP contribution < -0.4 is 4.90 Å². The highest BCUT2D eigenvalue weighted by Gasteiger charge is 2.12. The van der Waals surface area contributed by atoms with Gasteiger partial charge in [0, 0.05) is 12.7 Å². The normalized spacial score (nSPS) is 13.1. The average molecular weight is 374 g/mol. The highest BCUT2D eigenvalue weighted by atomic mass is 32.2. The van der Waals surface area contributed by atoms with Gasteiger partial charge in [-0.15, -0.1) is 0 Å². The molecule has 0 heterocycles. The van der Waals surface area contributed by atoms with Crippen molar-refractivity contribution in [2.75, 3.05) is 17.7 Å². The maximum Gasteiger partial charge on any atom is 0.178 e. The third-order valence-electron chi connectivity index (χ3n) is 4.33. The Morgan fingerprint density at radius 1 is 1.00 bits per heavy atom. The maximum absolute atomic E-state index is 12.2. The molecule has 0 radical (unpaired) electrons. The number of rotatable bonds is 8. The first-order valence-electron chi connectivity index (χ1n) is 8.85. The molecule has 2 rings (SSSR count). The van der Waals surface area contributed by atoms with Crippen LogP contribution in [0.5, 0.6) is 0 Å². The summed E-state index contributed by atoms with van der Waals surface area (Å²) >= 11 is 0. The van der Waals surface area contributed by atoms with Crippen LogP contribution in [0.4, 0.5) is 5.69 Å². The lowest BCUT2D eigenvalue weighted by atomic mass is 10.1. The van der Waals surface area contributed by atoms with Crippen LogP contribution in [0, 0.1) is 0 Å². The van der Waals surface area contributed by atoms with E-state index in [0.29, 0.717) is 11.3 Å². The molecule has 5 heteroatoms. The van der Waals surface area contributed by atoms with Crippen LogP contribution in [0.3, 0.4) is 0 Å². The predicted molar refractivity (Wildman–Crippen MR) is 109 cm³/mol. The third kappa shape index (κ3) is 5.44. The number of anilines is 1. The first-order valence-corrected chi connectivity index (χ1v) is 10.5. The van der Waals surface area contributed by atoms with E-state index in [1.165, 1.54) is 0 Å². The number of aliphatic hydroxyl groups excluding tert-OH is 1. The number of unbranched alkanes of at least 4 members (excludes halogenated alkanes) is 1. The van der Waals surface area contributed by atoms with Gasteiger partial charge in [0.15, 0.2) is 9.84 Å². The van der Waals surface area contributed by atoms with Crippen molar-refractivity contribution in [3.63, 3.8) is 0 Å². The van der Waals surface area contributed by atoms with Gasteiger partial charge in [-0.05, 0) is 48.7 Å². The van der Waals surface area contributed by atoms with Crippen molar-refractivity contribution in [1.82, 2.24) is 0 Å². The molecule has 2 aromatic carbocycles. The van der Waals surface area contributed by atoms with Crippen LogP contribution in [0.1, 0.15) is 37.8 Å². The van der Waals surface area contributed by atoms with Crippen LogP contribution in [0.2, 0.25) is 0 Å². The zero-order valence-corrected chi connectivity index (χ0v) is 16.4. The molecule has 140 valence electrons. The Bertz CT molecular complexity index is 823. The van der Waals surface area contributed by atoms with Crippen LogP contribution in [0.15, 0.2) is 53.4 Å². The van der Waals surface area contributed by atoms with Crippen LogP contribution >= 0.6 is 0 Å². The molecule has 0 saturated carbocycles. The fourth-order valence-electron chi connectivity index (χ4n) is 2.47. The van der Waals surface area contributed by atoms with E-state index >= 15 is 0 Å². The molecule has 0 aromatic heterocycles. The number of hydrogen-bond acceptors (Lipinski definition) is 4. The minimum atomic E-state index is -3.18. The fraction of sp³-hybridized carbons (Fsp3) is 0.333. The minimum Gasteiger partial charge on any atom is -0.374 e. The SMILES string of the molecule is CCCCS(=O)(=O)c1ccc(C=Cc2ccc(N(C)C(C)O)cc2)cc1. The zero-order valence-electron chi connectivity index (χ0n) is 15.6. The van der Waals surface area contributed by atoms with Crippen molar-refractivity contribution in [1.29, 1.82) is 0 Å². The lowest BCUT2D eigenvalue weighted by Crippen LogP contribution is -2.27. The smallest absolute Gasteiger partial charge is 0.178 e. The number of aliphatic hydroxyl groups is 1. The second-order valence-electron chi connectivity index (χ2n) is 6.41. The highest BCUT2D eigenvalue weighted by molar-refractivity contribution is 7.91. The number of nitrogens with zero attached hydrogens (tertiary/aromatic N) is 1. The molecule has 0 aliphatic heterocycles. The summed E-state index contributed by atoms with van der Waals surface area (Å²) in [5, 5.41) is 9.59. The van der Waals surface area contributed by atoms with Crippen molar-refractivity contribution in [3.05, 3.63) is 59.7 Å². The van der Waals surface area contributed by atoms with Gasteiger partial charge in [0.2, 0.25) is 0 Å². The Hall–Kier alpha value is -2.11. The zero-order chi connectivity index (χ0) is 19.2. The summed E-state index contributed by atoms with van der Waals surface area (Å²) in [5.74, 6) is 0.200. The molecule has 0 amide bonds. The van der Waals surface area contributed by atoms with Gasteiger partial charge in [0.25, 0.3) is 0 Å². The molecule has 2 aromatic rings. The summed E-state index contributed by atoms with van der Waals surface area (Å²) in [6, 6.07) is 14.9. The predicted octanol–water partition coefficient (Wildman–Crippen LogP) is 4.21. The number of hydrogen-bond donors (Lipinski definition) is 1. The van der Waals surface area contributed by atoms with E-state index in [2.05, 4.69) is 0 Å². The summed E-state index contributed by atoms with van der Waals surface area (Å²) in [5.41, 5.74) is 2.93. The van der Waals surface area contributed by atoms with E-state index < -0.39 is 16.1 Å². The molecule has 1 N–H and O–H groups in total. The van der Waals surface area contributed by atoms with Gasteiger partial charge in [0.05, 0.1) is 10.6 Å². The molecule has 0 aliphatic rings. The Morgan fingerprint density at radius 3 is 1.96 bits per heavy atom. The maximum atomic E-state index is 12.2. The molecule has 0 saturated heterocycles. The monoisotopic (exact) mass is 373 g/mol. The summed E-state index contributed by atoms with van der Waals surface area (Å²) < 4.78 is 24.4. The van der Waals surface area contributed by atoms with Crippen molar-refractivity contribution < 1.29 is 13.5 Å². The van der Waals surface area contributed by atoms with E-state index in [4.69, 9.17) is 0 Å².